The maximum Gasteiger partial charge on any atom is 0.222 e. The molecule has 1 aliphatic carbocycles. The van der Waals surface area contributed by atoms with Gasteiger partial charge < -0.3 is 9.80 Å². The van der Waals surface area contributed by atoms with Crippen LogP contribution in [0.1, 0.15) is 56.9 Å². The van der Waals surface area contributed by atoms with Gasteiger partial charge in [0.05, 0.1) is 0 Å². The Kier molecular flexibility index (Phi) is 7.08. The molecule has 0 radical (unpaired) electrons. The molecular weight excluding hydrogens is 336 g/mol. The lowest BCUT2D eigenvalue weighted by molar-refractivity contribution is -0.133. The molecule has 0 bridgehead atoms. The summed E-state index contributed by atoms with van der Waals surface area (Å²) < 4.78 is 0. The fourth-order valence-corrected chi connectivity index (χ4v) is 4.20. The van der Waals surface area contributed by atoms with Crippen LogP contribution in [0, 0.1) is 5.92 Å². The minimum Gasteiger partial charge on any atom is -0.341 e. The molecule has 1 aromatic rings. The van der Waals surface area contributed by atoms with Gasteiger partial charge in [0.15, 0.2) is 0 Å². The molecule has 4 nitrogen and oxygen atoms in total. The highest BCUT2D eigenvalue weighted by molar-refractivity contribution is 5.77. The smallest absolute Gasteiger partial charge is 0.222 e. The molecule has 0 spiro atoms. The highest BCUT2D eigenvalue weighted by atomic mass is 16.2. The van der Waals surface area contributed by atoms with Crippen molar-refractivity contribution in [2.24, 2.45) is 5.92 Å². The minimum atomic E-state index is 0.152. The number of unbranched alkanes of at least 4 members (excludes halogenated alkanes) is 1. The average Bonchev–Trinajstić information content (AvgIpc) is 2.71. The van der Waals surface area contributed by atoms with Gasteiger partial charge >= 0.3 is 0 Å². The molecule has 0 saturated carbocycles. The van der Waals surface area contributed by atoms with Gasteiger partial charge in [-0.3, -0.25) is 9.59 Å². The zero-order chi connectivity index (χ0) is 19.1. The van der Waals surface area contributed by atoms with Crippen molar-refractivity contribution in [2.45, 2.75) is 57.9 Å². The van der Waals surface area contributed by atoms with Crippen molar-refractivity contribution in [3.05, 3.63) is 47.5 Å². The van der Waals surface area contributed by atoms with E-state index in [9.17, 15) is 9.59 Å². The summed E-state index contributed by atoms with van der Waals surface area (Å²) in [5.41, 5.74) is 2.63. The van der Waals surface area contributed by atoms with Crippen molar-refractivity contribution < 1.29 is 9.59 Å². The van der Waals surface area contributed by atoms with Crippen LogP contribution < -0.4 is 0 Å². The molecule has 146 valence electrons. The van der Waals surface area contributed by atoms with Gasteiger partial charge in [0.2, 0.25) is 11.8 Å². The number of rotatable bonds is 7. The molecule has 1 saturated heterocycles. The summed E-state index contributed by atoms with van der Waals surface area (Å²) in [5, 5.41) is 0. The fourth-order valence-electron chi connectivity index (χ4n) is 4.20. The molecule has 2 aliphatic rings. The number of hydrogen-bond donors (Lipinski definition) is 0. The largest absolute Gasteiger partial charge is 0.341 e. The SMILES string of the molecule is CN(Cc1ccccc1)C(=O)CCCCC(=O)N1CCC2CCCC=C2C1. The molecular formula is C23H32N2O2. The van der Waals surface area contributed by atoms with Crippen LogP contribution >= 0.6 is 0 Å². The Morgan fingerprint density at radius 3 is 2.70 bits per heavy atom. The Labute approximate surface area is 163 Å². The Hall–Kier alpha value is -2.10. The molecule has 4 heteroatoms. The van der Waals surface area contributed by atoms with Crippen LogP contribution in [-0.2, 0) is 16.1 Å². The Morgan fingerprint density at radius 1 is 1.11 bits per heavy atom. The van der Waals surface area contributed by atoms with E-state index in [0.717, 1.165) is 43.8 Å². The molecule has 1 fully saturated rings. The average molecular weight is 369 g/mol. The fraction of sp³-hybridized carbons (Fsp3) is 0.565. The number of benzene rings is 1. The van der Waals surface area contributed by atoms with Gasteiger partial charge in [0.25, 0.3) is 0 Å². The van der Waals surface area contributed by atoms with Crippen LogP contribution in [0.4, 0.5) is 0 Å². The maximum atomic E-state index is 12.5. The summed E-state index contributed by atoms with van der Waals surface area (Å²) in [6.45, 7) is 2.38. The van der Waals surface area contributed by atoms with Crippen molar-refractivity contribution >= 4 is 11.8 Å². The molecule has 1 aliphatic heterocycles. The first-order valence-electron chi connectivity index (χ1n) is 10.4. The zero-order valence-corrected chi connectivity index (χ0v) is 16.5. The van der Waals surface area contributed by atoms with Gasteiger partial charge in [0, 0.05) is 39.5 Å². The van der Waals surface area contributed by atoms with Crippen molar-refractivity contribution in [3.63, 3.8) is 0 Å². The number of carbonyl (C=O) groups excluding carboxylic acids is 2. The Bertz CT molecular complexity index is 668. The molecule has 3 rings (SSSR count). The van der Waals surface area contributed by atoms with Crippen LogP contribution in [0.3, 0.4) is 0 Å². The highest BCUT2D eigenvalue weighted by Gasteiger charge is 2.27. The molecule has 27 heavy (non-hydrogen) atoms. The first kappa shape index (κ1) is 19.7. The third-order valence-electron chi connectivity index (χ3n) is 5.88. The molecule has 0 aromatic heterocycles. The van der Waals surface area contributed by atoms with E-state index in [2.05, 4.69) is 6.08 Å². The summed E-state index contributed by atoms with van der Waals surface area (Å²) in [6, 6.07) is 10.0. The van der Waals surface area contributed by atoms with Gasteiger partial charge in [-0.15, -0.1) is 0 Å². The van der Waals surface area contributed by atoms with E-state index in [-0.39, 0.29) is 11.8 Å². The number of likely N-dealkylation sites (tertiary alicyclic amines) is 1. The monoisotopic (exact) mass is 368 g/mol. The lowest BCUT2D eigenvalue weighted by Gasteiger charge is -2.36. The van der Waals surface area contributed by atoms with Crippen LogP contribution in [0.15, 0.2) is 42.0 Å². The number of amides is 2. The number of allylic oxidation sites excluding steroid dienone is 1. The second-order valence-electron chi connectivity index (χ2n) is 7.95. The van der Waals surface area contributed by atoms with Gasteiger partial charge in [-0.25, -0.2) is 0 Å². The van der Waals surface area contributed by atoms with E-state index in [1.165, 1.54) is 24.8 Å². The van der Waals surface area contributed by atoms with Crippen LogP contribution in [0.2, 0.25) is 0 Å². The second kappa shape index (κ2) is 9.72. The quantitative estimate of drug-likeness (QED) is 0.535. The second-order valence-corrected chi connectivity index (χ2v) is 7.95. The lowest BCUT2D eigenvalue weighted by atomic mass is 9.82. The normalized spacial score (nSPS) is 19.2. The highest BCUT2D eigenvalue weighted by Crippen LogP contribution is 2.32. The lowest BCUT2D eigenvalue weighted by Crippen LogP contribution is -2.40. The summed E-state index contributed by atoms with van der Waals surface area (Å²) >= 11 is 0. The molecule has 0 N–H and O–H groups in total. The van der Waals surface area contributed by atoms with E-state index < -0.39 is 0 Å². The predicted molar refractivity (Wildman–Crippen MR) is 108 cm³/mol. The van der Waals surface area contributed by atoms with E-state index >= 15 is 0 Å². The molecule has 2 amide bonds. The number of piperidine rings is 1. The predicted octanol–water partition coefficient (Wildman–Crippen LogP) is 4.16. The third-order valence-corrected chi connectivity index (χ3v) is 5.88. The minimum absolute atomic E-state index is 0.152. The van der Waals surface area contributed by atoms with Gasteiger partial charge in [-0.05, 0) is 50.0 Å². The number of nitrogens with zero attached hydrogens (tertiary/aromatic N) is 2. The van der Waals surface area contributed by atoms with Gasteiger partial charge in [0.1, 0.15) is 0 Å². The van der Waals surface area contributed by atoms with E-state index in [1.54, 1.807) is 4.90 Å². The standard InChI is InChI=1S/C23H32N2O2/c1-24(17-19-9-3-2-4-10-19)22(26)13-7-8-14-23(27)25-16-15-20-11-5-6-12-21(20)18-25/h2-4,9-10,12,20H,5-8,11,13-18H2,1H3. The Balaban J connectivity index is 1.34. The van der Waals surface area contributed by atoms with Gasteiger partial charge in [-0.2, -0.15) is 0 Å². The van der Waals surface area contributed by atoms with Gasteiger partial charge in [-0.1, -0.05) is 42.0 Å². The van der Waals surface area contributed by atoms with Crippen LogP contribution in [0.5, 0.6) is 0 Å². The summed E-state index contributed by atoms with van der Waals surface area (Å²) in [7, 11) is 1.85. The van der Waals surface area contributed by atoms with Crippen molar-refractivity contribution in [1.82, 2.24) is 9.80 Å². The van der Waals surface area contributed by atoms with E-state index in [0.29, 0.717) is 19.4 Å². The first-order chi connectivity index (χ1) is 13.1. The number of carbonyl (C=O) groups is 2. The van der Waals surface area contributed by atoms with Crippen molar-refractivity contribution in [2.75, 3.05) is 20.1 Å². The molecule has 1 unspecified atom stereocenters. The number of hydrogen-bond acceptors (Lipinski definition) is 2. The first-order valence-corrected chi connectivity index (χ1v) is 10.4. The maximum absolute atomic E-state index is 12.5. The summed E-state index contributed by atoms with van der Waals surface area (Å²) in [6.07, 6.45) is 9.91. The van der Waals surface area contributed by atoms with Crippen molar-refractivity contribution in [1.29, 1.82) is 0 Å². The van der Waals surface area contributed by atoms with E-state index in [1.807, 2.05) is 42.3 Å². The Morgan fingerprint density at radius 2 is 1.89 bits per heavy atom. The van der Waals surface area contributed by atoms with Crippen LogP contribution in [-0.4, -0.2) is 41.8 Å². The number of fused-ring (bicyclic) bond motifs is 1. The summed E-state index contributed by atoms with van der Waals surface area (Å²) in [4.78, 5) is 28.6. The molecule has 1 heterocycles. The summed E-state index contributed by atoms with van der Waals surface area (Å²) in [5.74, 6) is 1.13. The molecule has 1 aromatic carbocycles. The van der Waals surface area contributed by atoms with E-state index in [4.69, 9.17) is 0 Å². The van der Waals surface area contributed by atoms with Crippen molar-refractivity contribution in [3.8, 4) is 0 Å². The zero-order valence-electron chi connectivity index (χ0n) is 16.5. The van der Waals surface area contributed by atoms with Crippen LogP contribution in [0.25, 0.3) is 0 Å². The third kappa shape index (κ3) is 5.69. The molecule has 1 atom stereocenters. The topological polar surface area (TPSA) is 40.6 Å².